The lowest BCUT2D eigenvalue weighted by molar-refractivity contribution is -0.109. The Bertz CT molecular complexity index is 105. The first-order chi connectivity index (χ1) is 4.36. The maximum atomic E-state index is 10.1. The predicted molar refractivity (Wildman–Crippen MR) is 33.1 cm³/mol. The minimum Gasteiger partial charge on any atom is -0.395 e. The van der Waals surface area contributed by atoms with Crippen molar-refractivity contribution in [3.05, 3.63) is 0 Å². The van der Waals surface area contributed by atoms with Crippen molar-refractivity contribution in [2.24, 2.45) is 0 Å². The highest BCUT2D eigenvalue weighted by atomic mass is 16.3. The van der Waals surface area contributed by atoms with Crippen LogP contribution < -0.4 is 5.32 Å². The van der Waals surface area contributed by atoms with Gasteiger partial charge in [0, 0.05) is 6.04 Å². The fourth-order valence-corrected chi connectivity index (χ4v) is 1.10. The van der Waals surface area contributed by atoms with Gasteiger partial charge in [-0.3, -0.25) is 0 Å². The second kappa shape index (κ2) is 2.94. The number of aldehydes is 1. The topological polar surface area (TPSA) is 49.3 Å². The van der Waals surface area contributed by atoms with E-state index in [-0.39, 0.29) is 18.7 Å². The van der Waals surface area contributed by atoms with E-state index in [0.29, 0.717) is 0 Å². The van der Waals surface area contributed by atoms with Crippen molar-refractivity contribution in [3.63, 3.8) is 0 Å². The average Bonchev–Trinajstić information content (AvgIpc) is 2.34. The number of hydrogen-bond donors (Lipinski definition) is 2. The molecule has 1 saturated heterocycles. The molecule has 0 radical (unpaired) electrons. The standard InChI is InChI=1S/C6H11NO2/c8-3-5-1-2-6(4-9)7-5/h3,5-7,9H,1-2,4H2/t5?,6-/m1/s1. The smallest absolute Gasteiger partial charge is 0.136 e. The van der Waals surface area contributed by atoms with Crippen LogP contribution in [0.2, 0.25) is 0 Å². The zero-order valence-electron chi connectivity index (χ0n) is 5.21. The molecule has 0 aromatic heterocycles. The quantitative estimate of drug-likeness (QED) is 0.485. The third-order valence-electron chi connectivity index (χ3n) is 1.66. The van der Waals surface area contributed by atoms with Gasteiger partial charge in [0.25, 0.3) is 0 Å². The molecule has 0 aromatic rings. The van der Waals surface area contributed by atoms with Crippen molar-refractivity contribution in [2.45, 2.75) is 24.9 Å². The highest BCUT2D eigenvalue weighted by Crippen LogP contribution is 2.09. The van der Waals surface area contributed by atoms with E-state index in [1.165, 1.54) is 0 Å². The first kappa shape index (κ1) is 6.71. The number of aliphatic hydroxyl groups excluding tert-OH is 1. The second-order valence-electron chi connectivity index (χ2n) is 2.37. The zero-order valence-corrected chi connectivity index (χ0v) is 5.21. The molecule has 0 aliphatic carbocycles. The van der Waals surface area contributed by atoms with Crippen molar-refractivity contribution in [3.8, 4) is 0 Å². The fourth-order valence-electron chi connectivity index (χ4n) is 1.10. The maximum absolute atomic E-state index is 10.1. The summed E-state index contributed by atoms with van der Waals surface area (Å²) < 4.78 is 0. The Morgan fingerprint density at radius 2 is 2.44 bits per heavy atom. The summed E-state index contributed by atoms with van der Waals surface area (Å²) in [5.74, 6) is 0. The van der Waals surface area contributed by atoms with Crippen LogP contribution in [-0.4, -0.2) is 30.1 Å². The molecule has 2 N–H and O–H groups in total. The minimum atomic E-state index is -0.0119. The first-order valence-corrected chi connectivity index (χ1v) is 3.19. The minimum absolute atomic E-state index is 0.0119. The van der Waals surface area contributed by atoms with Crippen molar-refractivity contribution >= 4 is 6.29 Å². The van der Waals surface area contributed by atoms with Crippen LogP contribution in [0.25, 0.3) is 0 Å². The third-order valence-corrected chi connectivity index (χ3v) is 1.66. The predicted octanol–water partition coefficient (Wildman–Crippen LogP) is -0.702. The molecule has 0 amide bonds. The average molecular weight is 129 g/mol. The van der Waals surface area contributed by atoms with Crippen molar-refractivity contribution in [2.75, 3.05) is 6.61 Å². The molecule has 1 fully saturated rings. The molecule has 1 unspecified atom stereocenters. The number of carbonyl (C=O) groups excluding carboxylic acids is 1. The van der Waals surface area contributed by atoms with E-state index in [1.54, 1.807) is 0 Å². The van der Waals surface area contributed by atoms with Crippen molar-refractivity contribution in [1.29, 1.82) is 0 Å². The van der Waals surface area contributed by atoms with Gasteiger partial charge >= 0.3 is 0 Å². The van der Waals surface area contributed by atoms with Crippen LogP contribution in [0.1, 0.15) is 12.8 Å². The highest BCUT2D eigenvalue weighted by Gasteiger charge is 2.21. The molecular weight excluding hydrogens is 118 g/mol. The van der Waals surface area contributed by atoms with Crippen molar-refractivity contribution in [1.82, 2.24) is 5.32 Å². The van der Waals surface area contributed by atoms with E-state index < -0.39 is 0 Å². The van der Waals surface area contributed by atoms with E-state index in [9.17, 15) is 4.79 Å². The summed E-state index contributed by atoms with van der Waals surface area (Å²) in [6, 6.07) is 0.141. The van der Waals surface area contributed by atoms with E-state index in [1.807, 2.05) is 0 Å². The number of rotatable bonds is 2. The monoisotopic (exact) mass is 129 g/mol. The Balaban J connectivity index is 2.28. The zero-order chi connectivity index (χ0) is 6.69. The van der Waals surface area contributed by atoms with E-state index in [0.717, 1.165) is 19.1 Å². The largest absolute Gasteiger partial charge is 0.395 e. The number of aliphatic hydroxyl groups is 1. The summed E-state index contributed by atoms with van der Waals surface area (Å²) in [7, 11) is 0. The lowest BCUT2D eigenvalue weighted by Gasteiger charge is -2.04. The third kappa shape index (κ3) is 1.50. The molecule has 0 saturated carbocycles. The van der Waals surface area contributed by atoms with Gasteiger partial charge in [-0.1, -0.05) is 0 Å². The second-order valence-corrected chi connectivity index (χ2v) is 2.37. The Hall–Kier alpha value is -0.410. The van der Waals surface area contributed by atoms with Crippen LogP contribution in [0.4, 0.5) is 0 Å². The molecule has 1 aliphatic rings. The van der Waals surface area contributed by atoms with Gasteiger partial charge in [0.15, 0.2) is 0 Å². The van der Waals surface area contributed by atoms with Gasteiger partial charge < -0.3 is 15.2 Å². The van der Waals surface area contributed by atoms with Gasteiger partial charge in [-0.25, -0.2) is 0 Å². The highest BCUT2D eigenvalue weighted by molar-refractivity contribution is 5.58. The first-order valence-electron chi connectivity index (χ1n) is 3.19. The summed E-state index contributed by atoms with van der Waals surface area (Å²) in [6.07, 6.45) is 2.68. The van der Waals surface area contributed by atoms with Gasteiger partial charge in [-0.15, -0.1) is 0 Å². The van der Waals surface area contributed by atoms with E-state index >= 15 is 0 Å². The number of nitrogens with one attached hydrogen (secondary N) is 1. The van der Waals surface area contributed by atoms with Gasteiger partial charge in [0.05, 0.1) is 12.6 Å². The number of carbonyl (C=O) groups is 1. The summed E-state index contributed by atoms with van der Waals surface area (Å²) in [4.78, 5) is 10.1. The molecule has 1 rings (SSSR count). The molecule has 1 heterocycles. The van der Waals surface area contributed by atoms with Crippen LogP contribution in [0.3, 0.4) is 0 Å². The van der Waals surface area contributed by atoms with Gasteiger partial charge in [-0.05, 0) is 12.8 Å². The lowest BCUT2D eigenvalue weighted by Crippen LogP contribution is -2.32. The van der Waals surface area contributed by atoms with Gasteiger partial charge in [0.1, 0.15) is 6.29 Å². The van der Waals surface area contributed by atoms with Crippen molar-refractivity contribution < 1.29 is 9.90 Å². The van der Waals surface area contributed by atoms with Crippen LogP contribution in [0, 0.1) is 0 Å². The normalized spacial score (nSPS) is 34.8. The Kier molecular flexibility index (Phi) is 2.19. The summed E-state index contributed by atoms with van der Waals surface area (Å²) in [5, 5.41) is 11.6. The summed E-state index contributed by atoms with van der Waals surface area (Å²) >= 11 is 0. The molecule has 0 aromatic carbocycles. The summed E-state index contributed by atoms with van der Waals surface area (Å²) in [6.45, 7) is 0.143. The van der Waals surface area contributed by atoms with E-state index in [2.05, 4.69) is 5.32 Å². The van der Waals surface area contributed by atoms with Crippen LogP contribution in [-0.2, 0) is 4.79 Å². The fraction of sp³-hybridized carbons (Fsp3) is 0.833. The lowest BCUT2D eigenvalue weighted by atomic mass is 10.2. The molecule has 1 aliphatic heterocycles. The Labute approximate surface area is 54.1 Å². The SMILES string of the molecule is O=CC1CC[C@H](CO)N1. The Morgan fingerprint density at radius 3 is 2.78 bits per heavy atom. The molecule has 3 heteroatoms. The Morgan fingerprint density at radius 1 is 1.67 bits per heavy atom. The molecular formula is C6H11NO2. The molecule has 3 nitrogen and oxygen atoms in total. The van der Waals surface area contributed by atoms with Gasteiger partial charge in [-0.2, -0.15) is 0 Å². The van der Waals surface area contributed by atoms with Crippen LogP contribution in [0.5, 0.6) is 0 Å². The number of hydrogen-bond acceptors (Lipinski definition) is 3. The molecule has 0 bridgehead atoms. The molecule has 9 heavy (non-hydrogen) atoms. The van der Waals surface area contributed by atoms with Gasteiger partial charge in [0.2, 0.25) is 0 Å². The molecule has 0 spiro atoms. The van der Waals surface area contributed by atoms with Crippen LogP contribution in [0.15, 0.2) is 0 Å². The maximum Gasteiger partial charge on any atom is 0.136 e. The molecule has 2 atom stereocenters. The van der Waals surface area contributed by atoms with E-state index in [4.69, 9.17) is 5.11 Å². The van der Waals surface area contributed by atoms with Crippen LogP contribution >= 0.6 is 0 Å². The summed E-state index contributed by atoms with van der Waals surface area (Å²) in [5.41, 5.74) is 0. The molecule has 52 valence electrons.